The molecule has 3 unspecified atom stereocenters. The number of carbonyl (C=O) groups is 2. The van der Waals surface area contributed by atoms with E-state index in [2.05, 4.69) is 31.4 Å². The molecule has 175 valence electrons. The maximum absolute atomic E-state index is 12.6. The van der Waals surface area contributed by atoms with Crippen LogP contribution in [-0.4, -0.2) is 46.3 Å². The Morgan fingerprint density at radius 3 is 2.32 bits per heavy atom. The zero-order chi connectivity index (χ0) is 23.0. The molecule has 1 radical (unpaired) electrons. The van der Waals surface area contributed by atoms with E-state index in [1.165, 1.54) is 5.06 Å². The molecule has 2 aliphatic heterocycles. The Morgan fingerprint density at radius 2 is 1.81 bits per heavy atom. The van der Waals surface area contributed by atoms with Gasteiger partial charge in [-0.15, -0.1) is 10.3 Å². The molecule has 4 fully saturated rings. The quantitative estimate of drug-likeness (QED) is 0.593. The van der Waals surface area contributed by atoms with Crippen LogP contribution < -0.4 is 10.6 Å². The van der Waals surface area contributed by atoms with Crippen LogP contribution in [0.3, 0.4) is 0 Å². The van der Waals surface area contributed by atoms with Crippen molar-refractivity contribution in [2.24, 2.45) is 17.8 Å². The van der Waals surface area contributed by atoms with Gasteiger partial charge in [0.2, 0.25) is 5.91 Å². The number of nitrogens with one attached hydrogen (secondary N) is 2. The van der Waals surface area contributed by atoms with Crippen molar-refractivity contribution in [3.63, 3.8) is 0 Å². The summed E-state index contributed by atoms with van der Waals surface area (Å²) in [5, 5.41) is 19.9. The molecule has 2 N–H and O–H groups in total. The minimum Gasteiger partial charge on any atom is -0.444 e. The van der Waals surface area contributed by atoms with Gasteiger partial charge in [-0.2, -0.15) is 0 Å². The highest BCUT2D eigenvalue weighted by Crippen LogP contribution is 2.53. The number of amides is 2. The lowest BCUT2D eigenvalue weighted by Crippen LogP contribution is -2.69. The van der Waals surface area contributed by atoms with E-state index in [4.69, 9.17) is 4.74 Å². The summed E-state index contributed by atoms with van der Waals surface area (Å²) in [6, 6.07) is 0.142. The molecule has 2 saturated heterocycles. The molecule has 0 aromatic rings. The molecule has 4 rings (SSSR count). The lowest BCUT2D eigenvalue weighted by Gasteiger charge is -2.61. The molecule has 4 aliphatic rings. The zero-order valence-corrected chi connectivity index (χ0v) is 19.9. The fourth-order valence-corrected chi connectivity index (χ4v) is 5.89. The number of hydroxylamine groups is 2. The van der Waals surface area contributed by atoms with Crippen LogP contribution in [0, 0.1) is 17.8 Å². The molecule has 6 atom stereocenters. The molecular weight excluding hydrogens is 394 g/mol. The minimum absolute atomic E-state index is 0.0124. The van der Waals surface area contributed by atoms with Crippen molar-refractivity contribution in [1.82, 2.24) is 15.7 Å². The van der Waals surface area contributed by atoms with Crippen LogP contribution in [-0.2, 0) is 14.7 Å². The van der Waals surface area contributed by atoms with Gasteiger partial charge in [-0.3, -0.25) is 4.79 Å². The van der Waals surface area contributed by atoms with Crippen LogP contribution in [0.15, 0.2) is 12.2 Å². The van der Waals surface area contributed by atoms with Gasteiger partial charge in [-0.05, 0) is 77.6 Å². The molecule has 31 heavy (non-hydrogen) atoms. The summed E-state index contributed by atoms with van der Waals surface area (Å²) in [6.07, 6.45) is 7.90. The Hall–Kier alpha value is -1.60. The number of hydrogen-bond acceptors (Lipinski definition) is 4. The highest BCUT2D eigenvalue weighted by molar-refractivity contribution is 5.78. The van der Waals surface area contributed by atoms with Crippen molar-refractivity contribution in [1.29, 1.82) is 0 Å². The Morgan fingerprint density at radius 1 is 1.19 bits per heavy atom. The number of piperidine rings is 2. The first-order valence-electron chi connectivity index (χ1n) is 11.8. The molecule has 0 aromatic carbocycles. The van der Waals surface area contributed by atoms with E-state index in [-0.39, 0.29) is 36.0 Å². The highest BCUT2D eigenvalue weighted by atomic mass is 16.6. The van der Waals surface area contributed by atoms with Crippen molar-refractivity contribution in [3.8, 4) is 0 Å². The van der Waals surface area contributed by atoms with Gasteiger partial charge in [0.1, 0.15) is 5.60 Å². The summed E-state index contributed by atoms with van der Waals surface area (Å²) in [5.74, 6) is 1.22. The normalized spacial score (nSPS) is 33.7. The lowest BCUT2D eigenvalue weighted by atomic mass is 9.57. The van der Waals surface area contributed by atoms with Gasteiger partial charge < -0.3 is 15.4 Å². The maximum Gasteiger partial charge on any atom is 0.408 e. The van der Waals surface area contributed by atoms with Crippen molar-refractivity contribution in [2.45, 2.75) is 109 Å². The van der Waals surface area contributed by atoms with Crippen LogP contribution in [0.1, 0.15) is 80.1 Å². The van der Waals surface area contributed by atoms with Crippen molar-refractivity contribution in [2.75, 3.05) is 0 Å². The summed E-state index contributed by atoms with van der Waals surface area (Å²) in [7, 11) is 0. The summed E-state index contributed by atoms with van der Waals surface area (Å²) < 4.78 is 5.36. The van der Waals surface area contributed by atoms with E-state index in [1.54, 1.807) is 0 Å². The number of ether oxygens (including phenoxy) is 1. The van der Waals surface area contributed by atoms with Crippen LogP contribution in [0.25, 0.3) is 0 Å². The second-order valence-electron chi connectivity index (χ2n) is 11.5. The first kappa shape index (κ1) is 24.1. The Balaban J connectivity index is 1.51. The van der Waals surface area contributed by atoms with Gasteiger partial charge in [0, 0.05) is 24.0 Å². The van der Waals surface area contributed by atoms with Crippen molar-refractivity contribution < 1.29 is 19.5 Å². The molecule has 4 bridgehead atoms. The predicted molar refractivity (Wildman–Crippen MR) is 118 cm³/mol. The van der Waals surface area contributed by atoms with Crippen molar-refractivity contribution >= 4 is 12.0 Å². The molecule has 2 saturated carbocycles. The molecule has 0 spiro atoms. The molecule has 2 heterocycles. The van der Waals surface area contributed by atoms with Gasteiger partial charge in [0.15, 0.2) is 0 Å². The van der Waals surface area contributed by atoms with E-state index < -0.39 is 11.7 Å². The third-order valence-corrected chi connectivity index (χ3v) is 6.86. The molecular formula is C24H40N3O4. The van der Waals surface area contributed by atoms with E-state index in [9.17, 15) is 14.8 Å². The average Bonchev–Trinajstić information content (AvgIpc) is 2.58. The Kier molecular flexibility index (Phi) is 7.06. The standard InChI is InChI=1S/C24H40N3O4/c1-15(2)10-18(25-22(29)31-23(3,4)5)8-7-9-20(28)26-21-16-11-19-12-17(21)14-24(6,13-16)27(19)30/h7-8,15-19,21H,9-14H2,1-6H3,(H,25,29)(H,26,28)/b8-7+/t16-,17+,18-,19?,21?,24?/m1/s1. The number of nitrogens with zero attached hydrogens (tertiary/aromatic N) is 1. The van der Waals surface area contributed by atoms with E-state index in [1.807, 2.05) is 32.9 Å². The summed E-state index contributed by atoms with van der Waals surface area (Å²) >= 11 is 0. The summed E-state index contributed by atoms with van der Waals surface area (Å²) in [5.41, 5.74) is -0.788. The second-order valence-corrected chi connectivity index (χ2v) is 11.5. The average molecular weight is 435 g/mol. The Labute approximate surface area is 186 Å². The summed E-state index contributed by atoms with van der Waals surface area (Å²) in [4.78, 5) is 24.8. The van der Waals surface area contributed by atoms with Gasteiger partial charge in [0.05, 0.1) is 6.04 Å². The number of alkyl carbamates (subject to hydrolysis) is 1. The first-order chi connectivity index (χ1) is 14.4. The molecule has 7 heteroatoms. The van der Waals surface area contributed by atoms with Gasteiger partial charge >= 0.3 is 6.09 Å². The maximum atomic E-state index is 12.6. The number of hydrogen-bond donors (Lipinski definition) is 2. The largest absolute Gasteiger partial charge is 0.444 e. The van der Waals surface area contributed by atoms with Crippen LogP contribution in [0.5, 0.6) is 0 Å². The fourth-order valence-electron chi connectivity index (χ4n) is 5.89. The third kappa shape index (κ3) is 6.01. The molecule has 2 amide bonds. The second kappa shape index (κ2) is 9.10. The molecule has 0 aromatic heterocycles. The van der Waals surface area contributed by atoms with Crippen LogP contribution in [0.2, 0.25) is 0 Å². The number of rotatable bonds is 7. The SMILES string of the molecule is CC(C)C[C@@H](/C=C/CC(=O)NC1[C@@H]2CC3C[C@H]1CC(C)(C2)N3[O])NC(=O)OC(C)(C)C. The predicted octanol–water partition coefficient (Wildman–Crippen LogP) is 3.97. The van der Waals surface area contributed by atoms with Gasteiger partial charge in [-0.1, -0.05) is 26.0 Å². The van der Waals surface area contributed by atoms with E-state index in [0.717, 1.165) is 32.1 Å². The van der Waals surface area contributed by atoms with Gasteiger partial charge in [0.25, 0.3) is 0 Å². The monoisotopic (exact) mass is 434 g/mol. The van der Waals surface area contributed by atoms with Gasteiger partial charge in [-0.25, -0.2) is 4.79 Å². The molecule has 7 nitrogen and oxygen atoms in total. The fraction of sp³-hybridized carbons (Fsp3) is 0.833. The smallest absolute Gasteiger partial charge is 0.408 e. The zero-order valence-electron chi connectivity index (χ0n) is 19.9. The Bertz CT molecular complexity index is 683. The third-order valence-electron chi connectivity index (χ3n) is 6.86. The van der Waals surface area contributed by atoms with Crippen LogP contribution in [0.4, 0.5) is 4.79 Å². The topological polar surface area (TPSA) is 90.6 Å². The molecule has 2 aliphatic carbocycles. The van der Waals surface area contributed by atoms with Crippen molar-refractivity contribution in [3.05, 3.63) is 12.2 Å². The van der Waals surface area contributed by atoms with E-state index in [0.29, 0.717) is 17.8 Å². The lowest BCUT2D eigenvalue weighted by molar-refractivity contribution is -0.311. The first-order valence-corrected chi connectivity index (χ1v) is 11.8. The number of carbonyl (C=O) groups excluding carboxylic acids is 2. The minimum atomic E-state index is -0.547. The summed E-state index contributed by atoms with van der Waals surface area (Å²) in [6.45, 7) is 11.8. The highest BCUT2D eigenvalue weighted by Gasteiger charge is 2.58. The van der Waals surface area contributed by atoms with E-state index >= 15 is 0 Å². The van der Waals surface area contributed by atoms with Crippen LogP contribution >= 0.6 is 0 Å².